The molecule has 0 N–H and O–H groups in total. The van der Waals surface area contributed by atoms with E-state index in [0.717, 1.165) is 5.70 Å². The maximum atomic E-state index is 12.1. The van der Waals surface area contributed by atoms with Gasteiger partial charge in [0.25, 0.3) is 0 Å². The second-order valence-corrected chi connectivity index (χ2v) is 9.53. The van der Waals surface area contributed by atoms with E-state index < -0.39 is 0 Å². The lowest BCUT2D eigenvalue weighted by Gasteiger charge is -2.32. The largest absolute Gasteiger partial charge is 0.465 e. The Morgan fingerprint density at radius 2 is 1.55 bits per heavy atom. The van der Waals surface area contributed by atoms with Gasteiger partial charge in [-0.15, -0.1) is 0 Å². The summed E-state index contributed by atoms with van der Waals surface area (Å²) in [5, 5.41) is 0. The quantitative estimate of drug-likeness (QED) is 0.435. The van der Waals surface area contributed by atoms with Gasteiger partial charge in [-0.3, -0.25) is 9.59 Å². The summed E-state index contributed by atoms with van der Waals surface area (Å²) in [4.78, 5) is 24.8. The number of likely N-dealkylation sites (tertiary alicyclic amines) is 1. The molecule has 2 aromatic rings. The number of benzene rings is 2. The number of hydrogen-bond acceptors (Lipinski definition) is 3. The SMILES string of the molecule is C=C1[C@H]2C(C)C=C(C)C(C)[C@H]2C(=O)N1C.CC(=O)OCC1c2ccccc2-c2ccccc21. The summed E-state index contributed by atoms with van der Waals surface area (Å²) in [5.74, 6) is 1.44. The summed E-state index contributed by atoms with van der Waals surface area (Å²) in [7, 11) is 1.84. The fourth-order valence-corrected chi connectivity index (χ4v) is 5.70. The topological polar surface area (TPSA) is 46.6 Å². The normalized spacial score (nSPS) is 25.5. The van der Waals surface area contributed by atoms with Crippen molar-refractivity contribution in [3.63, 3.8) is 0 Å². The van der Waals surface area contributed by atoms with Gasteiger partial charge in [-0.1, -0.05) is 80.6 Å². The Balaban J connectivity index is 0.000000160. The van der Waals surface area contributed by atoms with Crippen LogP contribution < -0.4 is 0 Å². The Morgan fingerprint density at radius 3 is 2.09 bits per heavy atom. The van der Waals surface area contributed by atoms with Crippen molar-refractivity contribution in [2.45, 2.75) is 33.6 Å². The first-order valence-corrected chi connectivity index (χ1v) is 11.7. The Labute approximate surface area is 196 Å². The lowest BCUT2D eigenvalue weighted by molar-refractivity contribution is -0.141. The number of amides is 1. The van der Waals surface area contributed by atoms with Crippen LogP contribution in [0.5, 0.6) is 0 Å². The number of carbonyl (C=O) groups is 2. The Kier molecular flexibility index (Phi) is 6.29. The predicted molar refractivity (Wildman–Crippen MR) is 131 cm³/mol. The van der Waals surface area contributed by atoms with Gasteiger partial charge in [0.15, 0.2) is 0 Å². The van der Waals surface area contributed by atoms with Gasteiger partial charge in [-0.2, -0.15) is 0 Å². The van der Waals surface area contributed by atoms with Gasteiger partial charge in [0.1, 0.15) is 6.61 Å². The first kappa shape index (κ1) is 23.0. The van der Waals surface area contributed by atoms with Crippen molar-refractivity contribution in [2.24, 2.45) is 23.7 Å². The van der Waals surface area contributed by atoms with E-state index in [2.05, 4.69) is 57.7 Å². The summed E-state index contributed by atoms with van der Waals surface area (Å²) in [6, 6.07) is 16.6. The van der Waals surface area contributed by atoms with E-state index >= 15 is 0 Å². The monoisotopic (exact) mass is 443 g/mol. The molecule has 5 rings (SSSR count). The number of carbonyl (C=O) groups excluding carboxylic acids is 2. The maximum absolute atomic E-state index is 12.1. The highest BCUT2D eigenvalue weighted by Crippen LogP contribution is 2.47. The van der Waals surface area contributed by atoms with Crippen LogP contribution in [0.15, 0.2) is 72.5 Å². The van der Waals surface area contributed by atoms with Gasteiger partial charge in [0.2, 0.25) is 5.91 Å². The van der Waals surface area contributed by atoms with E-state index in [4.69, 9.17) is 4.74 Å². The Hall–Kier alpha value is -3.14. The van der Waals surface area contributed by atoms with Gasteiger partial charge < -0.3 is 9.64 Å². The van der Waals surface area contributed by atoms with Crippen molar-refractivity contribution in [3.05, 3.63) is 83.6 Å². The van der Waals surface area contributed by atoms with Gasteiger partial charge in [-0.25, -0.2) is 0 Å². The molecule has 1 aliphatic heterocycles. The zero-order valence-electron chi connectivity index (χ0n) is 20.2. The summed E-state index contributed by atoms with van der Waals surface area (Å²) in [5.41, 5.74) is 7.35. The Bertz CT molecular complexity index is 1090. The number of esters is 1. The minimum Gasteiger partial charge on any atom is -0.465 e. The molecule has 172 valence electrons. The highest BCUT2D eigenvalue weighted by molar-refractivity contribution is 5.85. The molecule has 3 aliphatic rings. The molecule has 33 heavy (non-hydrogen) atoms. The molecule has 4 nitrogen and oxygen atoms in total. The number of allylic oxidation sites excluding steroid dienone is 3. The smallest absolute Gasteiger partial charge is 0.302 e. The molecule has 4 heteroatoms. The van der Waals surface area contributed by atoms with Crippen molar-refractivity contribution in [3.8, 4) is 11.1 Å². The van der Waals surface area contributed by atoms with Gasteiger partial charge in [0.05, 0.1) is 5.92 Å². The highest BCUT2D eigenvalue weighted by Gasteiger charge is 2.48. The summed E-state index contributed by atoms with van der Waals surface area (Å²) < 4.78 is 5.20. The number of nitrogens with zero attached hydrogens (tertiary/aromatic N) is 1. The van der Waals surface area contributed by atoms with E-state index in [9.17, 15) is 9.59 Å². The van der Waals surface area contributed by atoms with Gasteiger partial charge in [0, 0.05) is 31.5 Å². The van der Waals surface area contributed by atoms with Crippen LogP contribution in [-0.2, 0) is 14.3 Å². The van der Waals surface area contributed by atoms with Crippen molar-refractivity contribution < 1.29 is 14.3 Å². The van der Waals surface area contributed by atoms with Crippen molar-refractivity contribution >= 4 is 11.9 Å². The lowest BCUT2D eigenvalue weighted by Crippen LogP contribution is -2.32. The molecule has 2 aromatic carbocycles. The summed E-state index contributed by atoms with van der Waals surface area (Å²) >= 11 is 0. The molecule has 2 aliphatic carbocycles. The van der Waals surface area contributed by atoms with Crippen LogP contribution in [-0.4, -0.2) is 30.4 Å². The van der Waals surface area contributed by atoms with E-state index in [1.807, 2.05) is 31.3 Å². The summed E-state index contributed by atoms with van der Waals surface area (Å²) in [6.45, 7) is 12.4. The number of rotatable bonds is 2. The van der Waals surface area contributed by atoms with Crippen LogP contribution >= 0.6 is 0 Å². The molecule has 0 aromatic heterocycles. The molecule has 0 spiro atoms. The highest BCUT2D eigenvalue weighted by atomic mass is 16.5. The molecule has 0 radical (unpaired) electrons. The minimum absolute atomic E-state index is 0.127. The fraction of sp³-hybridized carbons (Fsp3) is 0.379. The van der Waals surface area contributed by atoms with Crippen LogP contribution in [0.3, 0.4) is 0 Å². The number of fused-ring (bicyclic) bond motifs is 4. The average Bonchev–Trinajstić information content (AvgIpc) is 3.24. The van der Waals surface area contributed by atoms with Gasteiger partial charge >= 0.3 is 5.97 Å². The number of ether oxygens (including phenoxy) is 1. The zero-order valence-corrected chi connectivity index (χ0v) is 20.2. The molecule has 1 heterocycles. The molecule has 1 fully saturated rings. The first-order chi connectivity index (χ1) is 15.7. The van der Waals surface area contributed by atoms with E-state index in [1.54, 1.807) is 4.90 Å². The van der Waals surface area contributed by atoms with Crippen molar-refractivity contribution in [2.75, 3.05) is 13.7 Å². The number of hydrogen-bond donors (Lipinski definition) is 0. The molecule has 1 amide bonds. The summed E-state index contributed by atoms with van der Waals surface area (Å²) in [6.07, 6.45) is 2.30. The van der Waals surface area contributed by atoms with Crippen LogP contribution in [0.1, 0.15) is 44.7 Å². The van der Waals surface area contributed by atoms with E-state index in [0.29, 0.717) is 24.4 Å². The molecule has 1 saturated heterocycles. The predicted octanol–water partition coefficient (Wildman–Crippen LogP) is 5.80. The van der Waals surface area contributed by atoms with Crippen LogP contribution in [0.2, 0.25) is 0 Å². The third-order valence-electron chi connectivity index (χ3n) is 7.58. The maximum Gasteiger partial charge on any atom is 0.302 e. The second-order valence-electron chi connectivity index (χ2n) is 9.53. The van der Waals surface area contributed by atoms with Crippen molar-refractivity contribution in [1.82, 2.24) is 4.90 Å². The van der Waals surface area contributed by atoms with Crippen molar-refractivity contribution in [1.29, 1.82) is 0 Å². The molecule has 4 atom stereocenters. The minimum atomic E-state index is -0.225. The lowest BCUT2D eigenvalue weighted by atomic mass is 9.69. The van der Waals surface area contributed by atoms with Crippen LogP contribution in [0, 0.1) is 23.7 Å². The van der Waals surface area contributed by atoms with Crippen LogP contribution in [0.25, 0.3) is 11.1 Å². The molecular formula is C29H33NO3. The average molecular weight is 444 g/mol. The first-order valence-electron chi connectivity index (χ1n) is 11.7. The molecular weight excluding hydrogens is 410 g/mol. The van der Waals surface area contributed by atoms with Crippen LogP contribution in [0.4, 0.5) is 0 Å². The molecule has 2 unspecified atom stereocenters. The molecule has 0 bridgehead atoms. The fourth-order valence-electron chi connectivity index (χ4n) is 5.70. The zero-order chi connectivity index (χ0) is 23.9. The standard InChI is InChI=1S/C16H14O2.C13H19NO/c1-11(17)18-10-16-14-8-4-2-6-12(14)13-7-3-5-9-15(13)16;1-7-6-8(2)11-10(4)14(5)13(15)12(11)9(7)3/h2-9,16H,10H2,1H3;6,8-9,11-12H,4H2,1-3,5H3/t;8?,9?,11-,12-/m.1/s1. The van der Waals surface area contributed by atoms with E-state index in [-0.39, 0.29) is 23.7 Å². The van der Waals surface area contributed by atoms with E-state index in [1.165, 1.54) is 34.8 Å². The molecule has 0 saturated carbocycles. The third-order valence-corrected chi connectivity index (χ3v) is 7.58. The second kappa shape index (κ2) is 9.01. The Morgan fingerprint density at radius 1 is 1.00 bits per heavy atom. The third kappa shape index (κ3) is 4.03. The van der Waals surface area contributed by atoms with Gasteiger partial charge in [-0.05, 0) is 41.0 Å².